The summed E-state index contributed by atoms with van der Waals surface area (Å²) >= 11 is 5.34. The van der Waals surface area contributed by atoms with E-state index in [2.05, 4.69) is 11.9 Å². The molecule has 0 saturated carbocycles. The van der Waals surface area contributed by atoms with Crippen LogP contribution < -0.4 is 5.32 Å². The molecule has 0 aliphatic carbocycles. The van der Waals surface area contributed by atoms with Crippen molar-refractivity contribution in [1.29, 1.82) is 0 Å². The number of halogens is 1. The number of carbonyl (C=O) groups excluding carboxylic acids is 1. The summed E-state index contributed by atoms with van der Waals surface area (Å²) in [6, 6.07) is 6.98. The number of phenolic OH excluding ortho intramolecular Hbond substituents is 1. The lowest BCUT2D eigenvalue weighted by molar-refractivity contribution is -0.118. The predicted octanol–water partition coefficient (Wildman–Crippen LogP) is 2.15. The fourth-order valence-corrected chi connectivity index (χ4v) is 1.40. The van der Waals surface area contributed by atoms with E-state index in [-0.39, 0.29) is 17.5 Å². The maximum absolute atomic E-state index is 10.9. The number of hydrogen-bond acceptors (Lipinski definition) is 2. The van der Waals surface area contributed by atoms with Gasteiger partial charge in [-0.2, -0.15) is 0 Å². The van der Waals surface area contributed by atoms with Crippen LogP contribution in [0.4, 0.5) is 0 Å². The molecule has 4 heteroatoms. The number of aromatic hydroxyl groups is 1. The maximum atomic E-state index is 10.9. The van der Waals surface area contributed by atoms with Crippen LogP contribution in [0.15, 0.2) is 30.8 Å². The molecule has 1 rings (SSSR count). The third-order valence-electron chi connectivity index (χ3n) is 2.16. The van der Waals surface area contributed by atoms with Crippen molar-refractivity contribution in [3.05, 3.63) is 36.4 Å². The summed E-state index contributed by atoms with van der Waals surface area (Å²) in [5.74, 6) is -0.0359. The minimum Gasteiger partial charge on any atom is -0.507 e. The number of alkyl halides is 1. The van der Waals surface area contributed by atoms with Crippen LogP contribution in [0.2, 0.25) is 0 Å². The van der Waals surface area contributed by atoms with E-state index in [0.717, 1.165) is 5.57 Å². The van der Waals surface area contributed by atoms with Crippen molar-refractivity contribution < 1.29 is 9.90 Å². The summed E-state index contributed by atoms with van der Waals surface area (Å²) in [5.41, 5.74) is 1.50. The van der Waals surface area contributed by atoms with E-state index in [1.807, 2.05) is 6.07 Å². The lowest BCUT2D eigenvalue weighted by Crippen LogP contribution is -2.25. The van der Waals surface area contributed by atoms with E-state index < -0.39 is 0 Å². The van der Waals surface area contributed by atoms with Gasteiger partial charge in [-0.1, -0.05) is 24.8 Å². The summed E-state index contributed by atoms with van der Waals surface area (Å²) in [4.78, 5) is 10.9. The van der Waals surface area contributed by atoms with E-state index in [4.69, 9.17) is 11.6 Å². The Bertz CT molecular complexity index is 390. The number of nitrogens with one attached hydrogen (secondary N) is 1. The van der Waals surface area contributed by atoms with E-state index in [9.17, 15) is 9.90 Å². The van der Waals surface area contributed by atoms with Gasteiger partial charge in [-0.05, 0) is 18.1 Å². The van der Waals surface area contributed by atoms with Gasteiger partial charge in [-0.3, -0.25) is 4.79 Å². The zero-order valence-corrected chi connectivity index (χ0v) is 9.63. The molecule has 0 bridgehead atoms. The Hall–Kier alpha value is -1.48. The number of carbonyl (C=O) groups is 1. The maximum Gasteiger partial charge on any atom is 0.234 e. The summed E-state index contributed by atoms with van der Waals surface area (Å²) < 4.78 is 0. The second-order valence-corrected chi connectivity index (χ2v) is 3.62. The highest BCUT2D eigenvalue weighted by molar-refractivity contribution is 6.27. The number of amides is 1. The average Bonchev–Trinajstić information content (AvgIpc) is 2.29. The summed E-state index contributed by atoms with van der Waals surface area (Å²) in [6.45, 7) is 4.34. The van der Waals surface area contributed by atoms with E-state index in [1.54, 1.807) is 18.2 Å². The van der Waals surface area contributed by atoms with Crippen LogP contribution in [0.1, 0.15) is 12.0 Å². The summed E-state index contributed by atoms with van der Waals surface area (Å²) in [6.07, 6.45) is 0.584. The second-order valence-electron chi connectivity index (χ2n) is 3.35. The number of rotatable bonds is 5. The topological polar surface area (TPSA) is 49.3 Å². The average molecular weight is 240 g/mol. The van der Waals surface area contributed by atoms with Crippen molar-refractivity contribution >= 4 is 23.1 Å². The van der Waals surface area contributed by atoms with Gasteiger partial charge < -0.3 is 10.4 Å². The third kappa shape index (κ3) is 3.59. The minimum atomic E-state index is -0.202. The molecule has 0 unspecified atom stereocenters. The molecule has 86 valence electrons. The summed E-state index contributed by atoms with van der Waals surface area (Å²) in [5, 5.41) is 12.2. The molecule has 1 amide bonds. The van der Waals surface area contributed by atoms with Crippen LogP contribution in [-0.2, 0) is 4.79 Å². The van der Waals surface area contributed by atoms with Crippen LogP contribution in [-0.4, -0.2) is 23.4 Å². The number of phenols is 1. The molecule has 0 heterocycles. The van der Waals surface area contributed by atoms with Crippen LogP contribution in [0.3, 0.4) is 0 Å². The molecule has 0 aliphatic rings. The Balaban J connectivity index is 2.47. The first-order valence-corrected chi connectivity index (χ1v) is 5.47. The van der Waals surface area contributed by atoms with Crippen molar-refractivity contribution in [2.75, 3.05) is 12.4 Å². The van der Waals surface area contributed by atoms with Gasteiger partial charge in [0, 0.05) is 12.1 Å². The van der Waals surface area contributed by atoms with Crippen LogP contribution >= 0.6 is 11.6 Å². The van der Waals surface area contributed by atoms with Gasteiger partial charge in [-0.15, -0.1) is 11.6 Å². The number of para-hydroxylation sites is 1. The van der Waals surface area contributed by atoms with Crippen molar-refractivity contribution in [3.63, 3.8) is 0 Å². The number of hydrogen-bond donors (Lipinski definition) is 2. The molecule has 0 aliphatic heterocycles. The van der Waals surface area contributed by atoms with Crippen molar-refractivity contribution in [1.82, 2.24) is 5.32 Å². The smallest absolute Gasteiger partial charge is 0.234 e. The first-order valence-electron chi connectivity index (χ1n) is 4.94. The molecular formula is C12H14ClNO2. The van der Waals surface area contributed by atoms with E-state index in [1.165, 1.54) is 0 Å². The van der Waals surface area contributed by atoms with Gasteiger partial charge in [0.1, 0.15) is 11.6 Å². The van der Waals surface area contributed by atoms with E-state index in [0.29, 0.717) is 18.5 Å². The minimum absolute atomic E-state index is 0.0386. The lowest BCUT2D eigenvalue weighted by Gasteiger charge is -2.08. The fourth-order valence-electron chi connectivity index (χ4n) is 1.31. The van der Waals surface area contributed by atoms with Crippen LogP contribution in [0, 0.1) is 0 Å². The van der Waals surface area contributed by atoms with Gasteiger partial charge in [0.2, 0.25) is 5.91 Å². The SMILES string of the molecule is C=C(CCNC(=O)CCl)c1ccccc1O. The first kappa shape index (κ1) is 12.6. The standard InChI is InChI=1S/C12H14ClNO2/c1-9(6-7-14-12(16)8-13)10-4-2-3-5-11(10)15/h2-5,15H,1,6-8H2,(H,14,16). The molecule has 0 fully saturated rings. The van der Waals surface area contributed by atoms with Crippen LogP contribution in [0.25, 0.3) is 5.57 Å². The summed E-state index contributed by atoms with van der Waals surface area (Å²) in [7, 11) is 0. The normalized spacial score (nSPS) is 9.81. The largest absolute Gasteiger partial charge is 0.507 e. The van der Waals surface area contributed by atoms with E-state index >= 15 is 0 Å². The highest BCUT2D eigenvalue weighted by Gasteiger charge is 2.04. The Morgan fingerprint density at radius 2 is 2.12 bits per heavy atom. The van der Waals surface area contributed by atoms with Gasteiger partial charge in [0.05, 0.1) is 0 Å². The fraction of sp³-hybridized carbons (Fsp3) is 0.250. The van der Waals surface area contributed by atoms with Crippen molar-refractivity contribution in [3.8, 4) is 5.75 Å². The molecular weight excluding hydrogens is 226 g/mol. The first-order chi connectivity index (χ1) is 7.65. The molecule has 0 saturated heterocycles. The predicted molar refractivity (Wildman–Crippen MR) is 65.5 cm³/mol. The Morgan fingerprint density at radius 3 is 2.75 bits per heavy atom. The molecule has 0 atom stereocenters. The molecule has 3 nitrogen and oxygen atoms in total. The van der Waals surface area contributed by atoms with Crippen molar-refractivity contribution in [2.45, 2.75) is 6.42 Å². The Kier molecular flexibility index (Phi) is 4.86. The third-order valence-corrected chi connectivity index (χ3v) is 2.40. The Morgan fingerprint density at radius 1 is 1.44 bits per heavy atom. The van der Waals surface area contributed by atoms with Gasteiger partial charge >= 0.3 is 0 Å². The quantitative estimate of drug-likeness (QED) is 0.774. The monoisotopic (exact) mass is 239 g/mol. The highest BCUT2D eigenvalue weighted by atomic mass is 35.5. The van der Waals surface area contributed by atoms with Crippen LogP contribution in [0.5, 0.6) is 5.75 Å². The molecule has 0 aromatic heterocycles. The zero-order valence-electron chi connectivity index (χ0n) is 8.87. The van der Waals surface area contributed by atoms with Gasteiger partial charge in [0.25, 0.3) is 0 Å². The van der Waals surface area contributed by atoms with Gasteiger partial charge in [-0.25, -0.2) is 0 Å². The molecule has 16 heavy (non-hydrogen) atoms. The lowest BCUT2D eigenvalue weighted by atomic mass is 10.0. The number of benzene rings is 1. The molecule has 2 N–H and O–H groups in total. The highest BCUT2D eigenvalue weighted by Crippen LogP contribution is 2.24. The molecule has 0 spiro atoms. The molecule has 1 aromatic carbocycles. The van der Waals surface area contributed by atoms with Crippen molar-refractivity contribution in [2.24, 2.45) is 0 Å². The molecule has 0 radical (unpaired) electrons. The Labute approximate surface area is 99.7 Å². The zero-order chi connectivity index (χ0) is 12.0. The van der Waals surface area contributed by atoms with Gasteiger partial charge in [0.15, 0.2) is 0 Å². The molecule has 1 aromatic rings. The second kappa shape index (κ2) is 6.18.